The number of hydrogen-bond acceptors (Lipinski definition) is 3. The first-order valence-electron chi connectivity index (χ1n) is 6.01. The lowest BCUT2D eigenvalue weighted by molar-refractivity contribution is -0.137. The number of carbonyl (C=O) groups is 3. The average molecular weight is 254 g/mol. The molecule has 0 spiro atoms. The maximum atomic E-state index is 11.5. The van der Waals surface area contributed by atoms with Crippen LogP contribution in [0.3, 0.4) is 0 Å². The van der Waals surface area contributed by atoms with Crippen molar-refractivity contribution in [1.29, 1.82) is 0 Å². The summed E-state index contributed by atoms with van der Waals surface area (Å²) in [5.41, 5.74) is 1.12. The van der Waals surface area contributed by atoms with E-state index in [1.807, 2.05) is 0 Å². The number of carboxylic acids is 1. The first-order valence-corrected chi connectivity index (χ1v) is 6.01. The highest BCUT2D eigenvalue weighted by Gasteiger charge is 2.10. The van der Waals surface area contributed by atoms with E-state index < -0.39 is 18.4 Å². The molecule has 0 aromatic rings. The Morgan fingerprint density at radius 3 is 2.44 bits per heavy atom. The molecule has 0 aromatic carbocycles. The van der Waals surface area contributed by atoms with Crippen LogP contribution in [0, 0.1) is 0 Å². The molecule has 1 rings (SSSR count). The molecule has 0 saturated carbocycles. The van der Waals surface area contributed by atoms with E-state index in [-0.39, 0.29) is 12.5 Å². The van der Waals surface area contributed by atoms with Gasteiger partial charge < -0.3 is 15.7 Å². The summed E-state index contributed by atoms with van der Waals surface area (Å²) in [4.78, 5) is 32.8. The van der Waals surface area contributed by atoms with E-state index in [1.165, 1.54) is 6.42 Å². The Morgan fingerprint density at radius 1 is 1.11 bits per heavy atom. The highest BCUT2D eigenvalue weighted by Crippen LogP contribution is 2.19. The number of nitrogens with one attached hydrogen (secondary N) is 2. The molecule has 0 fully saturated rings. The van der Waals surface area contributed by atoms with Crippen molar-refractivity contribution < 1.29 is 19.5 Å². The lowest BCUT2D eigenvalue weighted by Gasteiger charge is -2.12. The highest BCUT2D eigenvalue weighted by molar-refractivity contribution is 5.87. The van der Waals surface area contributed by atoms with Gasteiger partial charge in [-0.1, -0.05) is 11.6 Å². The minimum Gasteiger partial charge on any atom is -0.480 e. The van der Waals surface area contributed by atoms with Gasteiger partial charge in [-0.25, -0.2) is 0 Å². The lowest BCUT2D eigenvalue weighted by atomic mass is 9.97. The van der Waals surface area contributed by atoms with Gasteiger partial charge in [0.05, 0.1) is 6.54 Å². The van der Waals surface area contributed by atoms with Gasteiger partial charge in [0.1, 0.15) is 6.54 Å². The second-order valence-corrected chi connectivity index (χ2v) is 4.23. The van der Waals surface area contributed by atoms with E-state index in [9.17, 15) is 14.4 Å². The molecule has 0 saturated heterocycles. The van der Waals surface area contributed by atoms with Crippen LogP contribution >= 0.6 is 0 Å². The standard InChI is InChI=1S/C12H18N2O4/c15-10(6-9-4-2-1-3-5-9)13-7-11(16)14-8-12(17)18/h4H,1-3,5-8H2,(H,13,15)(H,14,16)(H,17,18). The molecule has 0 atom stereocenters. The molecule has 18 heavy (non-hydrogen) atoms. The first-order chi connectivity index (χ1) is 8.58. The fraction of sp³-hybridized carbons (Fsp3) is 0.583. The lowest BCUT2D eigenvalue weighted by Crippen LogP contribution is -2.39. The van der Waals surface area contributed by atoms with Gasteiger partial charge in [-0.05, 0) is 25.7 Å². The molecule has 100 valence electrons. The average Bonchev–Trinajstić information content (AvgIpc) is 2.35. The SMILES string of the molecule is O=C(O)CNC(=O)CNC(=O)CC1=CCCCC1. The van der Waals surface area contributed by atoms with E-state index in [0.717, 1.165) is 24.8 Å². The zero-order valence-electron chi connectivity index (χ0n) is 10.2. The fourth-order valence-electron chi connectivity index (χ4n) is 1.75. The number of aliphatic carboxylic acids is 1. The normalized spacial score (nSPS) is 14.6. The smallest absolute Gasteiger partial charge is 0.322 e. The third-order valence-corrected chi connectivity index (χ3v) is 2.66. The van der Waals surface area contributed by atoms with Gasteiger partial charge in [0.25, 0.3) is 0 Å². The summed E-state index contributed by atoms with van der Waals surface area (Å²) in [5.74, 6) is -1.81. The van der Waals surface area contributed by atoms with Gasteiger partial charge >= 0.3 is 5.97 Å². The van der Waals surface area contributed by atoms with Crippen molar-refractivity contribution in [3.05, 3.63) is 11.6 Å². The van der Waals surface area contributed by atoms with Crippen LogP contribution in [0.15, 0.2) is 11.6 Å². The number of allylic oxidation sites excluding steroid dienone is 1. The van der Waals surface area contributed by atoms with Crippen molar-refractivity contribution >= 4 is 17.8 Å². The summed E-state index contributed by atoms with van der Waals surface area (Å²) in [6.45, 7) is -0.612. The Balaban J connectivity index is 2.18. The minimum absolute atomic E-state index is 0.181. The Kier molecular flexibility index (Phi) is 5.90. The number of hydrogen-bond donors (Lipinski definition) is 3. The Morgan fingerprint density at radius 2 is 1.83 bits per heavy atom. The zero-order valence-corrected chi connectivity index (χ0v) is 10.2. The van der Waals surface area contributed by atoms with Crippen LogP contribution in [0.2, 0.25) is 0 Å². The van der Waals surface area contributed by atoms with E-state index in [2.05, 4.69) is 16.7 Å². The van der Waals surface area contributed by atoms with Crippen LogP contribution in [-0.2, 0) is 14.4 Å². The van der Waals surface area contributed by atoms with Gasteiger partial charge in [-0.3, -0.25) is 14.4 Å². The molecule has 1 aliphatic rings. The van der Waals surface area contributed by atoms with Crippen molar-refractivity contribution in [3.8, 4) is 0 Å². The monoisotopic (exact) mass is 254 g/mol. The number of rotatable bonds is 6. The summed E-state index contributed by atoms with van der Waals surface area (Å²) in [5, 5.41) is 13.0. The predicted molar refractivity (Wildman–Crippen MR) is 64.8 cm³/mol. The molecule has 0 bridgehead atoms. The molecule has 0 aliphatic heterocycles. The number of carboxylic acid groups (broad SMARTS) is 1. The summed E-state index contributed by atoms with van der Waals surface area (Å²) >= 11 is 0. The fourth-order valence-corrected chi connectivity index (χ4v) is 1.75. The molecule has 0 aromatic heterocycles. The Labute approximate surface area is 105 Å². The van der Waals surface area contributed by atoms with Crippen LogP contribution in [-0.4, -0.2) is 36.0 Å². The van der Waals surface area contributed by atoms with E-state index >= 15 is 0 Å². The molecular weight excluding hydrogens is 236 g/mol. The van der Waals surface area contributed by atoms with Crippen molar-refractivity contribution in [2.75, 3.05) is 13.1 Å². The molecule has 3 N–H and O–H groups in total. The van der Waals surface area contributed by atoms with E-state index in [1.54, 1.807) is 0 Å². The maximum absolute atomic E-state index is 11.5. The number of carbonyl (C=O) groups excluding carboxylic acids is 2. The molecule has 0 unspecified atom stereocenters. The second-order valence-electron chi connectivity index (χ2n) is 4.23. The first kappa shape index (κ1) is 14.2. The third-order valence-electron chi connectivity index (χ3n) is 2.66. The molecule has 1 aliphatic carbocycles. The molecule has 0 radical (unpaired) electrons. The van der Waals surface area contributed by atoms with Gasteiger partial charge in [0.15, 0.2) is 0 Å². The summed E-state index contributed by atoms with van der Waals surface area (Å²) in [6.07, 6.45) is 6.64. The third kappa shape index (κ3) is 6.03. The maximum Gasteiger partial charge on any atom is 0.322 e. The van der Waals surface area contributed by atoms with Gasteiger partial charge in [0, 0.05) is 6.42 Å². The summed E-state index contributed by atoms with van der Waals surface area (Å²) in [7, 11) is 0. The van der Waals surface area contributed by atoms with E-state index in [0.29, 0.717) is 6.42 Å². The predicted octanol–water partition coefficient (Wildman–Crippen LogP) is 0.194. The molecule has 6 nitrogen and oxygen atoms in total. The van der Waals surface area contributed by atoms with Gasteiger partial charge in [-0.2, -0.15) is 0 Å². The van der Waals surface area contributed by atoms with Crippen LogP contribution < -0.4 is 10.6 Å². The van der Waals surface area contributed by atoms with Crippen LogP contribution in [0.5, 0.6) is 0 Å². The number of amides is 2. The van der Waals surface area contributed by atoms with Crippen molar-refractivity contribution in [2.45, 2.75) is 32.1 Å². The van der Waals surface area contributed by atoms with Crippen molar-refractivity contribution in [1.82, 2.24) is 10.6 Å². The quantitative estimate of drug-likeness (QED) is 0.590. The highest BCUT2D eigenvalue weighted by atomic mass is 16.4. The molecule has 2 amide bonds. The summed E-state index contributed by atoms with van der Waals surface area (Å²) in [6, 6.07) is 0. The van der Waals surface area contributed by atoms with Gasteiger partial charge in [0.2, 0.25) is 11.8 Å². The van der Waals surface area contributed by atoms with E-state index in [4.69, 9.17) is 5.11 Å². The summed E-state index contributed by atoms with van der Waals surface area (Å²) < 4.78 is 0. The van der Waals surface area contributed by atoms with Crippen LogP contribution in [0.25, 0.3) is 0 Å². The molecular formula is C12H18N2O4. The Bertz CT molecular complexity index is 363. The second kappa shape index (κ2) is 7.47. The van der Waals surface area contributed by atoms with Crippen molar-refractivity contribution in [2.24, 2.45) is 0 Å². The van der Waals surface area contributed by atoms with Crippen molar-refractivity contribution in [3.63, 3.8) is 0 Å². The zero-order chi connectivity index (χ0) is 13.4. The van der Waals surface area contributed by atoms with Crippen LogP contribution in [0.4, 0.5) is 0 Å². The molecule has 6 heteroatoms. The van der Waals surface area contributed by atoms with Gasteiger partial charge in [-0.15, -0.1) is 0 Å². The topological polar surface area (TPSA) is 95.5 Å². The largest absolute Gasteiger partial charge is 0.480 e. The van der Waals surface area contributed by atoms with Crippen LogP contribution in [0.1, 0.15) is 32.1 Å². The Hall–Kier alpha value is -1.85. The molecule has 0 heterocycles. The minimum atomic E-state index is -1.11.